The second-order valence-corrected chi connectivity index (χ2v) is 4.73. The zero-order valence-corrected chi connectivity index (χ0v) is 11.6. The lowest BCUT2D eigenvalue weighted by molar-refractivity contribution is -0.386. The van der Waals surface area contributed by atoms with Crippen LogP contribution in [0, 0.1) is 17.0 Å². The van der Waals surface area contributed by atoms with Gasteiger partial charge in [0.15, 0.2) is 0 Å². The molecule has 0 fully saturated rings. The van der Waals surface area contributed by atoms with Gasteiger partial charge in [-0.2, -0.15) is 5.10 Å². The Bertz CT molecular complexity index is 839. The predicted octanol–water partition coefficient (Wildman–Crippen LogP) is 3.58. The maximum absolute atomic E-state index is 11.1. The Balaban J connectivity index is 2.04. The van der Waals surface area contributed by atoms with E-state index in [0.29, 0.717) is 11.4 Å². The normalized spacial score (nSPS) is 10.8. The van der Waals surface area contributed by atoms with Crippen LogP contribution in [0.4, 0.5) is 5.69 Å². The maximum atomic E-state index is 11.1. The third kappa shape index (κ3) is 2.31. The van der Waals surface area contributed by atoms with Crippen LogP contribution in [0.15, 0.2) is 42.5 Å². The Hall–Kier alpha value is -2.89. The predicted molar refractivity (Wildman–Crippen MR) is 78.6 cm³/mol. The number of aromatic nitrogens is 2. The van der Waals surface area contributed by atoms with Crippen LogP contribution in [0.2, 0.25) is 0 Å². The zero-order chi connectivity index (χ0) is 15.0. The zero-order valence-electron chi connectivity index (χ0n) is 11.6. The molecule has 0 aliphatic heterocycles. The van der Waals surface area contributed by atoms with Crippen molar-refractivity contribution in [2.75, 3.05) is 0 Å². The first kappa shape index (κ1) is 13.1. The monoisotopic (exact) mass is 283 g/mol. The van der Waals surface area contributed by atoms with Gasteiger partial charge >= 0.3 is 5.69 Å². The lowest BCUT2D eigenvalue weighted by atomic mass is 10.1. The lowest BCUT2D eigenvalue weighted by Gasteiger charge is -2.06. The molecule has 1 aromatic heterocycles. The molecule has 3 aromatic rings. The number of hydrogen-bond acceptors (Lipinski definition) is 4. The van der Waals surface area contributed by atoms with Crippen LogP contribution in [0.5, 0.6) is 11.6 Å². The van der Waals surface area contributed by atoms with Crippen molar-refractivity contribution in [3.63, 3.8) is 0 Å². The molecule has 0 radical (unpaired) electrons. The molecule has 0 saturated heterocycles. The van der Waals surface area contributed by atoms with Crippen molar-refractivity contribution in [3.05, 3.63) is 58.3 Å². The standard InChI is InChI=1S/C15H13N3O3/c1-10-14(18(19)20)15(17(2)16-10)21-13-8-7-11-5-3-4-6-12(11)9-13/h3-9H,1-2H3. The van der Waals surface area contributed by atoms with Gasteiger partial charge < -0.3 is 4.74 Å². The van der Waals surface area contributed by atoms with Crippen LogP contribution in [-0.4, -0.2) is 14.7 Å². The fourth-order valence-corrected chi connectivity index (χ4v) is 2.29. The molecule has 0 aliphatic rings. The molecular formula is C15H13N3O3. The second-order valence-electron chi connectivity index (χ2n) is 4.73. The highest BCUT2D eigenvalue weighted by Gasteiger charge is 2.26. The number of hydrogen-bond donors (Lipinski definition) is 0. The molecule has 1 heterocycles. The summed E-state index contributed by atoms with van der Waals surface area (Å²) in [5.74, 6) is 0.674. The van der Waals surface area contributed by atoms with E-state index < -0.39 is 4.92 Å². The first-order chi connectivity index (χ1) is 10.1. The molecule has 0 aliphatic carbocycles. The highest BCUT2D eigenvalue weighted by molar-refractivity contribution is 5.83. The van der Waals surface area contributed by atoms with Crippen molar-refractivity contribution in [1.29, 1.82) is 0 Å². The quantitative estimate of drug-likeness (QED) is 0.544. The van der Waals surface area contributed by atoms with Crippen molar-refractivity contribution in [2.45, 2.75) is 6.92 Å². The second kappa shape index (κ2) is 4.90. The fourth-order valence-electron chi connectivity index (χ4n) is 2.29. The largest absolute Gasteiger partial charge is 0.434 e. The van der Waals surface area contributed by atoms with E-state index in [0.717, 1.165) is 10.8 Å². The minimum Gasteiger partial charge on any atom is -0.434 e. The topological polar surface area (TPSA) is 70.2 Å². The number of nitro groups is 1. The van der Waals surface area contributed by atoms with Gasteiger partial charge in [0.1, 0.15) is 11.4 Å². The van der Waals surface area contributed by atoms with Gasteiger partial charge in [0.2, 0.25) is 0 Å². The van der Waals surface area contributed by atoms with Crippen molar-refractivity contribution in [2.24, 2.45) is 7.05 Å². The van der Waals surface area contributed by atoms with Gasteiger partial charge in [0.05, 0.1) is 4.92 Å². The van der Waals surface area contributed by atoms with Crippen LogP contribution < -0.4 is 4.74 Å². The molecule has 0 N–H and O–H groups in total. The first-order valence-corrected chi connectivity index (χ1v) is 6.41. The fraction of sp³-hybridized carbons (Fsp3) is 0.133. The third-order valence-electron chi connectivity index (χ3n) is 3.26. The van der Waals surface area contributed by atoms with E-state index in [-0.39, 0.29) is 11.6 Å². The Labute approximate surface area is 120 Å². The van der Waals surface area contributed by atoms with Crippen LogP contribution in [-0.2, 0) is 7.05 Å². The Morgan fingerprint density at radius 3 is 2.62 bits per heavy atom. The van der Waals surface area contributed by atoms with Crippen LogP contribution in [0.3, 0.4) is 0 Å². The molecule has 6 heteroatoms. The molecule has 0 unspecified atom stereocenters. The van der Waals surface area contributed by atoms with E-state index >= 15 is 0 Å². The van der Waals surface area contributed by atoms with Crippen LogP contribution in [0.1, 0.15) is 5.69 Å². The molecule has 0 amide bonds. The number of rotatable bonds is 3. The SMILES string of the molecule is Cc1nn(C)c(Oc2ccc3ccccc3c2)c1[N+](=O)[O-]. The smallest absolute Gasteiger partial charge is 0.353 e. The first-order valence-electron chi connectivity index (χ1n) is 6.41. The number of nitrogens with zero attached hydrogens (tertiary/aromatic N) is 3. The summed E-state index contributed by atoms with van der Waals surface area (Å²) in [6, 6.07) is 13.4. The summed E-state index contributed by atoms with van der Waals surface area (Å²) in [6.45, 7) is 1.59. The van der Waals surface area contributed by atoms with E-state index in [9.17, 15) is 10.1 Å². The van der Waals surface area contributed by atoms with Gasteiger partial charge in [-0.3, -0.25) is 10.1 Å². The molecule has 0 saturated carbocycles. The summed E-state index contributed by atoms with van der Waals surface area (Å²) in [5, 5.41) is 17.3. The highest BCUT2D eigenvalue weighted by atomic mass is 16.6. The minimum absolute atomic E-state index is 0.106. The summed E-state index contributed by atoms with van der Waals surface area (Å²) < 4.78 is 7.07. The molecule has 0 atom stereocenters. The van der Waals surface area contributed by atoms with Gasteiger partial charge in [-0.05, 0) is 29.8 Å². The maximum Gasteiger partial charge on any atom is 0.353 e. The average molecular weight is 283 g/mol. The van der Waals surface area contributed by atoms with E-state index in [1.165, 1.54) is 4.68 Å². The number of aryl methyl sites for hydroxylation is 2. The van der Waals surface area contributed by atoms with Crippen LogP contribution >= 0.6 is 0 Å². The Morgan fingerprint density at radius 1 is 1.19 bits per heavy atom. The number of fused-ring (bicyclic) bond motifs is 1. The van der Waals surface area contributed by atoms with Gasteiger partial charge in [-0.15, -0.1) is 0 Å². The Morgan fingerprint density at radius 2 is 1.90 bits per heavy atom. The van der Waals surface area contributed by atoms with Crippen LogP contribution in [0.25, 0.3) is 10.8 Å². The summed E-state index contributed by atoms with van der Waals surface area (Å²) in [6.07, 6.45) is 0. The van der Waals surface area contributed by atoms with E-state index in [1.807, 2.05) is 36.4 Å². The molecule has 2 aromatic carbocycles. The van der Waals surface area contributed by atoms with E-state index in [2.05, 4.69) is 5.10 Å². The van der Waals surface area contributed by atoms with Crippen molar-refractivity contribution in [1.82, 2.24) is 9.78 Å². The lowest BCUT2D eigenvalue weighted by Crippen LogP contribution is -1.97. The molecule has 106 valence electrons. The van der Waals surface area contributed by atoms with Crippen molar-refractivity contribution >= 4 is 16.5 Å². The number of benzene rings is 2. The molecular weight excluding hydrogens is 270 g/mol. The number of ether oxygens (including phenoxy) is 1. The average Bonchev–Trinajstić information content (AvgIpc) is 2.73. The van der Waals surface area contributed by atoms with Crippen molar-refractivity contribution in [3.8, 4) is 11.6 Å². The van der Waals surface area contributed by atoms with Crippen molar-refractivity contribution < 1.29 is 9.66 Å². The summed E-state index contributed by atoms with van der Waals surface area (Å²) in [4.78, 5) is 10.7. The summed E-state index contributed by atoms with van der Waals surface area (Å²) in [7, 11) is 1.62. The molecule has 21 heavy (non-hydrogen) atoms. The highest BCUT2D eigenvalue weighted by Crippen LogP contribution is 2.34. The molecule has 0 bridgehead atoms. The van der Waals surface area contributed by atoms with E-state index in [4.69, 9.17) is 4.74 Å². The van der Waals surface area contributed by atoms with Gasteiger partial charge in [0, 0.05) is 7.05 Å². The third-order valence-corrected chi connectivity index (χ3v) is 3.26. The van der Waals surface area contributed by atoms with Gasteiger partial charge in [-0.25, -0.2) is 4.68 Å². The van der Waals surface area contributed by atoms with Gasteiger partial charge in [-0.1, -0.05) is 30.3 Å². The molecule has 3 rings (SSSR count). The van der Waals surface area contributed by atoms with E-state index in [1.54, 1.807) is 20.0 Å². The summed E-state index contributed by atoms with van der Waals surface area (Å²) in [5.41, 5.74) is 0.226. The Kier molecular flexibility index (Phi) is 3.06. The summed E-state index contributed by atoms with van der Waals surface area (Å²) >= 11 is 0. The van der Waals surface area contributed by atoms with Gasteiger partial charge in [0.25, 0.3) is 5.88 Å². The minimum atomic E-state index is -0.473. The molecule has 6 nitrogen and oxygen atoms in total. The molecule has 0 spiro atoms.